The Morgan fingerprint density at radius 3 is 2.33 bits per heavy atom. The van der Waals surface area contributed by atoms with Crippen molar-refractivity contribution < 1.29 is 18.3 Å². The third-order valence-corrected chi connectivity index (χ3v) is 3.73. The zero-order valence-electron chi connectivity index (χ0n) is 10.1. The van der Waals surface area contributed by atoms with E-state index in [4.69, 9.17) is 10.2 Å². The number of pyridine rings is 1. The Balaban J connectivity index is 3.13. The first-order valence-corrected chi connectivity index (χ1v) is 6.59. The Morgan fingerprint density at radius 1 is 1.44 bits per heavy atom. The molecule has 0 unspecified atom stereocenters. The van der Waals surface area contributed by atoms with Gasteiger partial charge < -0.3 is 5.11 Å². The number of aromatic nitrogens is 1. The van der Waals surface area contributed by atoms with Gasteiger partial charge in [-0.3, -0.25) is 9.78 Å². The molecule has 0 aliphatic carbocycles. The molecule has 1 heterocycles. The number of carbonyl (C=O) groups is 1. The first-order chi connectivity index (χ1) is 8.15. The lowest BCUT2D eigenvalue weighted by molar-refractivity contribution is -0.146. The minimum absolute atomic E-state index is 0.124. The van der Waals surface area contributed by atoms with Crippen molar-refractivity contribution in [3.63, 3.8) is 0 Å². The summed E-state index contributed by atoms with van der Waals surface area (Å²) >= 11 is 0. The summed E-state index contributed by atoms with van der Waals surface area (Å²) in [5.41, 5.74) is -1.02. The van der Waals surface area contributed by atoms with Crippen LogP contribution in [0.2, 0.25) is 0 Å². The molecule has 1 aromatic rings. The van der Waals surface area contributed by atoms with Gasteiger partial charge in [-0.1, -0.05) is 0 Å². The number of hydrogen-bond donors (Lipinski definition) is 2. The molecular formula is C10H15N3O4S. The van der Waals surface area contributed by atoms with Gasteiger partial charge in [-0.05, 0) is 31.5 Å². The summed E-state index contributed by atoms with van der Waals surface area (Å²) in [6.45, 7) is 2.43. The van der Waals surface area contributed by atoms with Gasteiger partial charge >= 0.3 is 5.97 Å². The van der Waals surface area contributed by atoms with Crippen molar-refractivity contribution in [1.82, 2.24) is 9.29 Å². The van der Waals surface area contributed by atoms with E-state index in [1.165, 1.54) is 26.2 Å². The average molecular weight is 273 g/mol. The van der Waals surface area contributed by atoms with Crippen molar-refractivity contribution in [1.29, 1.82) is 0 Å². The van der Waals surface area contributed by atoms with E-state index in [0.29, 0.717) is 5.56 Å². The number of aliphatic carboxylic acids is 1. The van der Waals surface area contributed by atoms with Crippen LogP contribution in [0.4, 0.5) is 0 Å². The van der Waals surface area contributed by atoms with Crippen LogP contribution >= 0.6 is 0 Å². The normalized spacial score (nSPS) is 12.7. The SMILES string of the molecule is CC(C)(C(=O)O)N(Cc1ccncc1)S(N)(=O)=O. The molecule has 0 amide bonds. The van der Waals surface area contributed by atoms with E-state index in [-0.39, 0.29) is 6.54 Å². The third-order valence-electron chi connectivity index (χ3n) is 2.53. The van der Waals surface area contributed by atoms with Gasteiger partial charge in [0, 0.05) is 18.9 Å². The monoisotopic (exact) mass is 273 g/mol. The zero-order chi connectivity index (χ0) is 14.0. The maximum absolute atomic E-state index is 11.5. The second-order valence-electron chi connectivity index (χ2n) is 4.27. The fourth-order valence-corrected chi connectivity index (χ4v) is 2.41. The molecule has 0 radical (unpaired) electrons. The predicted octanol–water partition coefficient (Wildman–Crippen LogP) is -0.0497. The van der Waals surface area contributed by atoms with Crippen LogP contribution in [-0.4, -0.2) is 34.3 Å². The van der Waals surface area contributed by atoms with E-state index in [1.807, 2.05) is 0 Å². The summed E-state index contributed by atoms with van der Waals surface area (Å²) in [4.78, 5) is 14.9. The maximum Gasteiger partial charge on any atom is 0.324 e. The highest BCUT2D eigenvalue weighted by molar-refractivity contribution is 7.86. The van der Waals surface area contributed by atoms with Crippen LogP contribution in [-0.2, 0) is 21.5 Å². The van der Waals surface area contributed by atoms with Gasteiger partial charge in [0.05, 0.1) is 0 Å². The molecule has 1 aromatic heterocycles. The molecule has 100 valence electrons. The van der Waals surface area contributed by atoms with E-state index < -0.39 is 21.7 Å². The molecule has 3 N–H and O–H groups in total. The number of hydrogen-bond acceptors (Lipinski definition) is 4. The van der Waals surface area contributed by atoms with Crippen molar-refractivity contribution in [2.24, 2.45) is 5.14 Å². The molecule has 0 fully saturated rings. The molecule has 1 rings (SSSR count). The van der Waals surface area contributed by atoms with Gasteiger partial charge in [-0.2, -0.15) is 12.7 Å². The van der Waals surface area contributed by atoms with Crippen molar-refractivity contribution in [2.45, 2.75) is 25.9 Å². The minimum Gasteiger partial charge on any atom is -0.480 e. The largest absolute Gasteiger partial charge is 0.480 e. The smallest absolute Gasteiger partial charge is 0.324 e. The van der Waals surface area contributed by atoms with Crippen molar-refractivity contribution in [2.75, 3.05) is 0 Å². The maximum atomic E-state index is 11.5. The van der Waals surface area contributed by atoms with Crippen LogP contribution in [0.3, 0.4) is 0 Å². The van der Waals surface area contributed by atoms with E-state index >= 15 is 0 Å². The minimum atomic E-state index is -4.13. The van der Waals surface area contributed by atoms with E-state index in [9.17, 15) is 13.2 Å². The van der Waals surface area contributed by atoms with Gasteiger partial charge in [0.15, 0.2) is 0 Å². The van der Waals surface area contributed by atoms with Crippen LogP contribution in [0.5, 0.6) is 0 Å². The number of carboxylic acids is 1. The topological polar surface area (TPSA) is 114 Å². The van der Waals surface area contributed by atoms with Gasteiger partial charge in [0.2, 0.25) is 0 Å². The second kappa shape index (κ2) is 5.01. The lowest BCUT2D eigenvalue weighted by Gasteiger charge is -2.32. The Bertz CT molecular complexity index is 527. The van der Waals surface area contributed by atoms with Crippen LogP contribution < -0.4 is 5.14 Å². The molecule has 0 aliphatic heterocycles. The summed E-state index contributed by atoms with van der Waals surface area (Å²) in [5, 5.41) is 14.1. The lowest BCUT2D eigenvalue weighted by atomic mass is 10.1. The van der Waals surface area contributed by atoms with Crippen molar-refractivity contribution in [3.05, 3.63) is 30.1 Å². The van der Waals surface area contributed by atoms with Gasteiger partial charge in [-0.25, -0.2) is 5.14 Å². The molecule has 0 saturated heterocycles. The van der Waals surface area contributed by atoms with Crippen LogP contribution in [0, 0.1) is 0 Å². The van der Waals surface area contributed by atoms with Gasteiger partial charge in [0.1, 0.15) is 5.54 Å². The Hall–Kier alpha value is -1.51. The quantitative estimate of drug-likeness (QED) is 0.780. The molecule has 8 heteroatoms. The fraction of sp³-hybridized carbons (Fsp3) is 0.400. The van der Waals surface area contributed by atoms with Crippen LogP contribution in [0.1, 0.15) is 19.4 Å². The first-order valence-electron chi connectivity index (χ1n) is 5.08. The number of carboxylic acid groups (broad SMARTS) is 1. The van der Waals surface area contributed by atoms with Gasteiger partial charge in [0.25, 0.3) is 10.2 Å². The van der Waals surface area contributed by atoms with Crippen LogP contribution in [0.25, 0.3) is 0 Å². The standard InChI is InChI=1S/C10H15N3O4S/c1-10(2,9(14)15)13(18(11,16)17)7-8-3-5-12-6-4-8/h3-6H,7H2,1-2H3,(H,14,15)(H2,11,16,17). The summed E-state index contributed by atoms with van der Waals surface area (Å²) in [6.07, 6.45) is 2.98. The average Bonchev–Trinajstić information content (AvgIpc) is 2.25. The molecule has 0 aromatic carbocycles. The highest BCUT2D eigenvalue weighted by atomic mass is 32.2. The molecule has 0 atom stereocenters. The summed E-state index contributed by atoms with van der Waals surface area (Å²) in [5.74, 6) is -1.27. The summed E-state index contributed by atoms with van der Waals surface area (Å²) in [7, 11) is -4.13. The number of rotatable bonds is 5. The van der Waals surface area contributed by atoms with Gasteiger partial charge in [-0.15, -0.1) is 0 Å². The highest BCUT2D eigenvalue weighted by Gasteiger charge is 2.40. The van der Waals surface area contributed by atoms with E-state index in [0.717, 1.165) is 4.31 Å². The van der Waals surface area contributed by atoms with E-state index in [2.05, 4.69) is 4.98 Å². The Kier molecular flexibility index (Phi) is 4.05. The molecule has 0 saturated carbocycles. The Morgan fingerprint density at radius 2 is 1.94 bits per heavy atom. The second-order valence-corrected chi connectivity index (χ2v) is 5.74. The first kappa shape index (κ1) is 14.6. The number of nitrogens with two attached hydrogens (primary N) is 1. The Labute approximate surface area is 105 Å². The molecule has 7 nitrogen and oxygen atoms in total. The number of nitrogens with zero attached hydrogens (tertiary/aromatic N) is 2. The fourth-order valence-electron chi connectivity index (χ4n) is 1.37. The zero-order valence-corrected chi connectivity index (χ0v) is 10.9. The predicted molar refractivity (Wildman–Crippen MR) is 64.6 cm³/mol. The molecule has 0 spiro atoms. The lowest BCUT2D eigenvalue weighted by Crippen LogP contribution is -2.54. The molecule has 0 aliphatic rings. The third kappa shape index (κ3) is 3.25. The van der Waals surface area contributed by atoms with Crippen LogP contribution in [0.15, 0.2) is 24.5 Å². The molecule has 18 heavy (non-hydrogen) atoms. The highest BCUT2D eigenvalue weighted by Crippen LogP contribution is 2.20. The van der Waals surface area contributed by atoms with Crippen molar-refractivity contribution in [3.8, 4) is 0 Å². The van der Waals surface area contributed by atoms with E-state index in [1.54, 1.807) is 12.1 Å². The summed E-state index contributed by atoms with van der Waals surface area (Å²) < 4.78 is 23.8. The molecular weight excluding hydrogens is 258 g/mol. The van der Waals surface area contributed by atoms with Crippen molar-refractivity contribution >= 4 is 16.2 Å². The summed E-state index contributed by atoms with van der Waals surface area (Å²) in [6, 6.07) is 3.19. The molecule has 0 bridgehead atoms.